The van der Waals surface area contributed by atoms with Crippen molar-refractivity contribution in [2.24, 2.45) is 16.1 Å². The van der Waals surface area contributed by atoms with Crippen LogP contribution in [0, 0.1) is 11.7 Å². The highest BCUT2D eigenvalue weighted by Crippen LogP contribution is 2.38. The van der Waals surface area contributed by atoms with Crippen molar-refractivity contribution in [1.29, 1.82) is 0 Å². The summed E-state index contributed by atoms with van der Waals surface area (Å²) in [5, 5.41) is 13.9. The zero-order valence-electron chi connectivity index (χ0n) is 25.7. The van der Waals surface area contributed by atoms with E-state index in [-0.39, 0.29) is 29.5 Å². The Kier molecular flexibility index (Phi) is 10.9. The third kappa shape index (κ3) is 7.42. The van der Waals surface area contributed by atoms with E-state index in [0.717, 1.165) is 34.7 Å². The van der Waals surface area contributed by atoms with Crippen molar-refractivity contribution in [3.63, 3.8) is 0 Å². The number of carbonyl (C=O) groups excluding carboxylic acids is 2. The van der Waals surface area contributed by atoms with Gasteiger partial charge in [-0.05, 0) is 49.6 Å². The lowest BCUT2D eigenvalue weighted by atomic mass is 9.88. The molecule has 2 aromatic carbocycles. The number of ether oxygens (including phenoxy) is 2. The van der Waals surface area contributed by atoms with Crippen molar-refractivity contribution in [3.05, 3.63) is 58.9 Å². The molecule has 230 valence electrons. The minimum Gasteiger partial charge on any atom is -0.495 e. The largest absolute Gasteiger partial charge is 0.495 e. The minimum absolute atomic E-state index is 0.00675. The summed E-state index contributed by atoms with van der Waals surface area (Å²) in [5.41, 5.74) is 7.54. The summed E-state index contributed by atoms with van der Waals surface area (Å²) in [7, 11) is 1.67. The molecule has 0 saturated heterocycles. The van der Waals surface area contributed by atoms with Crippen LogP contribution in [-0.2, 0) is 9.59 Å². The first kappa shape index (κ1) is 31.7. The molecule has 0 spiro atoms. The topological polar surface area (TPSA) is 105 Å². The van der Waals surface area contributed by atoms with Gasteiger partial charge in [-0.15, -0.1) is 0 Å². The van der Waals surface area contributed by atoms with Crippen LogP contribution in [-0.4, -0.2) is 54.5 Å². The molecule has 3 heterocycles. The lowest BCUT2D eigenvalue weighted by Gasteiger charge is -2.30. The van der Waals surface area contributed by atoms with Gasteiger partial charge in [-0.1, -0.05) is 39.8 Å². The molecule has 2 amide bonds. The van der Waals surface area contributed by atoms with Gasteiger partial charge in [0.25, 0.3) is 0 Å². The summed E-state index contributed by atoms with van der Waals surface area (Å²) in [6, 6.07) is 8.90. The second-order valence-corrected chi connectivity index (χ2v) is 10.5. The third-order valence-corrected chi connectivity index (χ3v) is 7.62. The van der Waals surface area contributed by atoms with Crippen LogP contribution in [0.1, 0.15) is 82.9 Å². The lowest BCUT2D eigenvalue weighted by molar-refractivity contribution is -0.132. The van der Waals surface area contributed by atoms with Gasteiger partial charge in [-0.2, -0.15) is 10.2 Å². The highest BCUT2D eigenvalue weighted by Gasteiger charge is 2.30. The zero-order chi connectivity index (χ0) is 30.9. The number of hydrogen-bond donors (Lipinski definition) is 2. The molecule has 5 rings (SSSR count). The number of halogens is 1. The van der Waals surface area contributed by atoms with E-state index in [4.69, 9.17) is 14.6 Å². The van der Waals surface area contributed by atoms with E-state index < -0.39 is 5.82 Å². The number of hydrazone groups is 2. The van der Waals surface area contributed by atoms with Gasteiger partial charge in [-0.3, -0.25) is 9.59 Å². The van der Waals surface area contributed by atoms with E-state index >= 15 is 0 Å². The van der Waals surface area contributed by atoms with Gasteiger partial charge in [-0.25, -0.2) is 14.8 Å². The van der Waals surface area contributed by atoms with Crippen molar-refractivity contribution in [2.75, 3.05) is 25.6 Å². The molecule has 9 nitrogen and oxygen atoms in total. The molecule has 2 aromatic rings. The van der Waals surface area contributed by atoms with Crippen LogP contribution in [0.25, 0.3) is 6.08 Å². The van der Waals surface area contributed by atoms with E-state index in [2.05, 4.69) is 34.9 Å². The fraction of sp³-hybridized carbons (Fsp3) is 0.455. The van der Waals surface area contributed by atoms with E-state index in [9.17, 15) is 14.0 Å². The molecule has 43 heavy (non-hydrogen) atoms. The van der Waals surface area contributed by atoms with Crippen LogP contribution in [0.4, 0.5) is 10.1 Å². The quantitative estimate of drug-likeness (QED) is 0.324. The van der Waals surface area contributed by atoms with Crippen molar-refractivity contribution < 1.29 is 23.5 Å². The Morgan fingerprint density at radius 3 is 2.58 bits per heavy atom. The molecule has 0 fully saturated rings. The number of methoxy groups -OCH3 is 1. The fourth-order valence-electron chi connectivity index (χ4n) is 5.27. The average Bonchev–Trinajstić information content (AvgIpc) is 3.03. The Morgan fingerprint density at radius 1 is 1.09 bits per heavy atom. The Bertz CT molecular complexity index is 1420. The highest BCUT2D eigenvalue weighted by atomic mass is 19.1. The van der Waals surface area contributed by atoms with E-state index in [1.54, 1.807) is 24.3 Å². The molecule has 0 aromatic heterocycles. The normalized spacial score (nSPS) is 19.3. The Hall–Kier alpha value is -4.21. The summed E-state index contributed by atoms with van der Waals surface area (Å²) >= 11 is 0. The highest BCUT2D eigenvalue weighted by molar-refractivity contribution is 6.09. The number of rotatable bonds is 10. The van der Waals surface area contributed by atoms with Crippen molar-refractivity contribution in [3.8, 4) is 11.5 Å². The second-order valence-electron chi connectivity index (χ2n) is 10.5. The number of nitrogens with one attached hydrogen (secondary N) is 2. The smallest absolute Gasteiger partial charge is 0.243 e. The molecule has 2 N–H and O–H groups in total. The third-order valence-electron chi connectivity index (χ3n) is 7.62. The summed E-state index contributed by atoms with van der Waals surface area (Å²) < 4.78 is 25.9. The Balaban J connectivity index is 0.00000207. The van der Waals surface area contributed by atoms with Crippen LogP contribution in [0.5, 0.6) is 11.5 Å². The van der Waals surface area contributed by atoms with Gasteiger partial charge in [0.1, 0.15) is 5.75 Å². The summed E-state index contributed by atoms with van der Waals surface area (Å²) in [5.74, 6) is 0.301. The van der Waals surface area contributed by atoms with Crippen molar-refractivity contribution in [2.45, 2.75) is 72.3 Å². The Morgan fingerprint density at radius 2 is 1.88 bits per heavy atom. The first-order valence-corrected chi connectivity index (χ1v) is 15.2. The predicted molar refractivity (Wildman–Crippen MR) is 168 cm³/mol. The van der Waals surface area contributed by atoms with E-state index in [0.29, 0.717) is 56.5 Å². The molecule has 3 aliphatic heterocycles. The number of hydrogen-bond acceptors (Lipinski definition) is 7. The molecule has 0 saturated carbocycles. The molecule has 3 aliphatic rings. The van der Waals surface area contributed by atoms with Gasteiger partial charge in [0.05, 0.1) is 30.8 Å². The van der Waals surface area contributed by atoms with E-state index in [1.807, 2.05) is 32.9 Å². The fourth-order valence-corrected chi connectivity index (χ4v) is 5.27. The molecule has 2 unspecified atom stereocenters. The number of unbranched alkanes of at least 4 members (excludes halogenated alkanes) is 1. The van der Waals surface area contributed by atoms with Gasteiger partial charge >= 0.3 is 0 Å². The number of benzene rings is 2. The average molecular weight is 592 g/mol. The number of carbonyl (C=O) groups is 2. The number of nitrogens with zero attached hydrogens (tertiary/aromatic N) is 3. The molecular formula is C33H42FN5O4. The maximum Gasteiger partial charge on any atom is 0.243 e. The number of anilines is 1. The molecule has 2 atom stereocenters. The standard InChI is InChI=1S/C31H36FN5O4.C2H6/c1-4-21-8-9-23-22(10-13-27(40-3)31(23)33-21)30-19(2)17-29(39)37(36-30)15-5-6-16-41-26-12-7-20(18-24(26)32)25-11-14-28(38)35-34-25;1-2/h7-10,12-13,18-19,21,33H,4-6,11,14-17H2,1-3H3,(H,35,38);1-2H3. The van der Waals surface area contributed by atoms with Gasteiger partial charge in [0.2, 0.25) is 11.8 Å². The Labute approximate surface area is 253 Å². The summed E-state index contributed by atoms with van der Waals surface area (Å²) in [4.78, 5) is 24.1. The van der Waals surface area contributed by atoms with Gasteiger partial charge in [0.15, 0.2) is 11.6 Å². The molecule has 0 bridgehead atoms. The first-order chi connectivity index (χ1) is 20.9. The van der Waals surface area contributed by atoms with Crippen LogP contribution in [0.2, 0.25) is 0 Å². The van der Waals surface area contributed by atoms with Crippen molar-refractivity contribution in [1.82, 2.24) is 10.4 Å². The number of amides is 2. The maximum atomic E-state index is 14.6. The maximum absolute atomic E-state index is 14.6. The second kappa shape index (κ2) is 14.8. The number of fused-ring (bicyclic) bond motifs is 1. The monoisotopic (exact) mass is 591 g/mol. The summed E-state index contributed by atoms with van der Waals surface area (Å²) in [6.07, 6.45) is 7.72. The lowest BCUT2D eigenvalue weighted by Crippen LogP contribution is -2.37. The predicted octanol–water partition coefficient (Wildman–Crippen LogP) is 6.12. The summed E-state index contributed by atoms with van der Waals surface area (Å²) in [6.45, 7) is 8.93. The van der Waals surface area contributed by atoms with Gasteiger partial charge in [0, 0.05) is 54.5 Å². The molecular weight excluding hydrogens is 549 g/mol. The van der Waals surface area contributed by atoms with Gasteiger partial charge < -0.3 is 14.8 Å². The SMILES string of the molecule is CC.CCC1C=Cc2c(C3=NN(CCCCOc4ccc(C5=NNC(=O)CC5)cc4F)C(=O)CC3C)ccc(OC)c2N1. The zero-order valence-corrected chi connectivity index (χ0v) is 25.7. The van der Waals surface area contributed by atoms with E-state index in [1.165, 1.54) is 6.07 Å². The van der Waals surface area contributed by atoms with Crippen molar-refractivity contribution >= 4 is 35.0 Å². The van der Waals surface area contributed by atoms with Crippen LogP contribution < -0.4 is 20.2 Å². The molecule has 0 aliphatic carbocycles. The van der Waals surface area contributed by atoms with Crippen LogP contribution in [0.3, 0.4) is 0 Å². The molecule has 0 radical (unpaired) electrons. The first-order valence-electron chi connectivity index (χ1n) is 15.2. The minimum atomic E-state index is -0.479. The molecule has 10 heteroatoms. The van der Waals surface area contributed by atoms with Crippen LogP contribution in [0.15, 0.2) is 46.6 Å². The van der Waals surface area contributed by atoms with Crippen LogP contribution >= 0.6 is 0 Å².